The van der Waals surface area contributed by atoms with E-state index in [-0.39, 0.29) is 24.3 Å². The Bertz CT molecular complexity index is 1230. The number of carboxylic acids is 1. The van der Waals surface area contributed by atoms with Gasteiger partial charge in [0, 0.05) is 19.3 Å². The van der Waals surface area contributed by atoms with Crippen molar-refractivity contribution >= 4 is 50.1 Å². The number of aryl methyl sites for hydroxylation is 1. The maximum Gasteiger partial charge on any atom is 0.303 e. The van der Waals surface area contributed by atoms with Gasteiger partial charge in [-0.1, -0.05) is 54.6 Å². The number of carbonyl (C=O) groups is 3. The van der Waals surface area contributed by atoms with Gasteiger partial charge in [0.25, 0.3) is 11.8 Å². The second-order valence-electron chi connectivity index (χ2n) is 7.43. The van der Waals surface area contributed by atoms with Crippen LogP contribution in [0, 0.1) is 0 Å². The van der Waals surface area contributed by atoms with Gasteiger partial charge in [-0.15, -0.1) is 0 Å². The number of nitrogens with zero attached hydrogens (tertiary/aromatic N) is 1. The van der Waals surface area contributed by atoms with Gasteiger partial charge in [-0.2, -0.15) is 5.06 Å². The first kappa shape index (κ1) is 19.8. The molecule has 6 heteroatoms. The molecule has 0 saturated carbocycles. The zero-order chi connectivity index (χ0) is 21.3. The Labute approximate surface area is 172 Å². The highest BCUT2D eigenvalue weighted by Gasteiger charge is 2.26. The monoisotopic (exact) mass is 403 g/mol. The van der Waals surface area contributed by atoms with Gasteiger partial charge in [0.05, 0.1) is 0 Å². The van der Waals surface area contributed by atoms with Crippen LogP contribution in [0.25, 0.3) is 32.3 Å². The molecule has 0 unspecified atom stereocenters. The summed E-state index contributed by atoms with van der Waals surface area (Å²) in [5.74, 6) is -1.73. The second kappa shape index (κ2) is 8.08. The lowest BCUT2D eigenvalue weighted by atomic mass is 9.90. The first-order chi connectivity index (χ1) is 14.5. The standard InChI is InChI=1S/C20H16O2.C4H5NO3/c21-18(22)6-2-3-13-7-8-16-10-9-14-4-1-5-15-11-12-17(13)20(16)19(14)15;6-3-1-2-4(7)5(3)8/h1,4-5,7-12H,2-3,6H2,(H,21,22);8H,1-2H2. The summed E-state index contributed by atoms with van der Waals surface area (Å²) in [6.45, 7) is 0. The van der Waals surface area contributed by atoms with Crippen molar-refractivity contribution < 1.29 is 24.7 Å². The number of imide groups is 1. The summed E-state index contributed by atoms with van der Waals surface area (Å²) in [5.41, 5.74) is 1.24. The lowest BCUT2D eigenvalue weighted by Crippen LogP contribution is -2.24. The van der Waals surface area contributed by atoms with E-state index in [0.717, 1.165) is 6.42 Å². The molecule has 0 bridgehead atoms. The molecule has 2 amide bonds. The molecule has 0 atom stereocenters. The minimum Gasteiger partial charge on any atom is -0.481 e. The van der Waals surface area contributed by atoms with Crippen molar-refractivity contribution in [2.75, 3.05) is 0 Å². The molecule has 4 aromatic carbocycles. The van der Waals surface area contributed by atoms with Crippen LogP contribution in [0.5, 0.6) is 0 Å². The topological polar surface area (TPSA) is 94.9 Å². The van der Waals surface area contributed by atoms with Crippen molar-refractivity contribution in [1.82, 2.24) is 5.06 Å². The largest absolute Gasteiger partial charge is 0.481 e. The third kappa shape index (κ3) is 3.69. The summed E-state index contributed by atoms with van der Waals surface area (Å²) < 4.78 is 0. The highest BCUT2D eigenvalue weighted by Crippen LogP contribution is 2.36. The van der Waals surface area contributed by atoms with E-state index < -0.39 is 17.8 Å². The molecule has 0 aliphatic carbocycles. The number of carboxylic acid groups (broad SMARTS) is 1. The first-order valence-corrected chi connectivity index (χ1v) is 9.87. The van der Waals surface area contributed by atoms with Crippen LogP contribution in [0.3, 0.4) is 0 Å². The molecule has 1 fully saturated rings. The zero-order valence-electron chi connectivity index (χ0n) is 16.3. The maximum absolute atomic E-state index is 10.7. The van der Waals surface area contributed by atoms with E-state index in [1.54, 1.807) is 0 Å². The Morgan fingerprint density at radius 2 is 1.40 bits per heavy atom. The van der Waals surface area contributed by atoms with E-state index in [9.17, 15) is 14.4 Å². The molecular formula is C24H21NO5. The molecule has 1 aliphatic rings. The Morgan fingerprint density at radius 3 is 1.97 bits per heavy atom. The zero-order valence-corrected chi connectivity index (χ0v) is 16.3. The summed E-state index contributed by atoms with van der Waals surface area (Å²) in [7, 11) is 0. The van der Waals surface area contributed by atoms with Crippen LogP contribution in [0.4, 0.5) is 0 Å². The molecule has 0 radical (unpaired) electrons. The Hall–Kier alpha value is -3.51. The van der Waals surface area contributed by atoms with E-state index in [1.165, 1.54) is 37.9 Å². The number of hydrogen-bond acceptors (Lipinski definition) is 4. The van der Waals surface area contributed by atoms with Crippen molar-refractivity contribution in [2.24, 2.45) is 0 Å². The minimum atomic E-state index is -0.724. The van der Waals surface area contributed by atoms with Crippen LogP contribution in [-0.4, -0.2) is 33.2 Å². The predicted octanol–water partition coefficient (Wildman–Crippen LogP) is 4.52. The normalized spacial score (nSPS) is 14.0. The Kier molecular flexibility index (Phi) is 5.33. The van der Waals surface area contributed by atoms with Gasteiger partial charge in [-0.25, -0.2) is 0 Å². The van der Waals surface area contributed by atoms with Crippen molar-refractivity contribution in [3.8, 4) is 0 Å². The van der Waals surface area contributed by atoms with Gasteiger partial charge in [0.1, 0.15) is 0 Å². The lowest BCUT2D eigenvalue weighted by molar-refractivity contribution is -0.171. The van der Waals surface area contributed by atoms with E-state index >= 15 is 0 Å². The number of rotatable bonds is 4. The fourth-order valence-electron chi connectivity index (χ4n) is 4.01. The summed E-state index contributed by atoms with van der Waals surface area (Å²) in [5, 5.41) is 25.1. The number of benzene rings is 4. The smallest absolute Gasteiger partial charge is 0.303 e. The van der Waals surface area contributed by atoms with E-state index in [4.69, 9.17) is 10.3 Å². The molecule has 0 spiro atoms. The van der Waals surface area contributed by atoms with Gasteiger partial charge < -0.3 is 5.11 Å². The summed E-state index contributed by atoms with van der Waals surface area (Å²) in [4.78, 5) is 31.2. The minimum absolute atomic E-state index is 0.148. The van der Waals surface area contributed by atoms with Crippen LogP contribution in [0.1, 0.15) is 31.2 Å². The van der Waals surface area contributed by atoms with Crippen LogP contribution >= 0.6 is 0 Å². The summed E-state index contributed by atoms with van der Waals surface area (Å²) in [6, 6.07) is 19.4. The van der Waals surface area contributed by atoms with Crippen LogP contribution < -0.4 is 0 Å². The fraction of sp³-hybridized carbons (Fsp3) is 0.208. The second-order valence-corrected chi connectivity index (χ2v) is 7.43. The summed E-state index contributed by atoms with van der Waals surface area (Å²) >= 11 is 0. The van der Waals surface area contributed by atoms with Crippen LogP contribution in [0.2, 0.25) is 0 Å². The number of hydrogen-bond donors (Lipinski definition) is 2. The Morgan fingerprint density at radius 1 is 0.833 bits per heavy atom. The van der Waals surface area contributed by atoms with Gasteiger partial charge in [0.2, 0.25) is 0 Å². The van der Waals surface area contributed by atoms with Crippen molar-refractivity contribution in [3.63, 3.8) is 0 Å². The summed E-state index contributed by atoms with van der Waals surface area (Å²) in [6.07, 6.45) is 2.01. The number of aliphatic carboxylic acids is 1. The first-order valence-electron chi connectivity index (χ1n) is 9.87. The average Bonchev–Trinajstić information content (AvgIpc) is 3.04. The SMILES string of the molecule is O=C(O)CCCc1ccc2ccc3cccc4ccc1c2c34.O=C1CCC(=O)N1O. The van der Waals surface area contributed by atoms with Crippen LogP contribution in [-0.2, 0) is 20.8 Å². The molecule has 2 N–H and O–H groups in total. The third-order valence-corrected chi connectivity index (χ3v) is 5.48. The molecule has 1 saturated heterocycles. The average molecular weight is 403 g/mol. The highest BCUT2D eigenvalue weighted by atomic mass is 16.5. The molecule has 152 valence electrons. The fourth-order valence-corrected chi connectivity index (χ4v) is 4.01. The number of amides is 2. The molecule has 6 nitrogen and oxygen atoms in total. The predicted molar refractivity (Wildman–Crippen MR) is 114 cm³/mol. The molecular weight excluding hydrogens is 382 g/mol. The molecule has 5 rings (SSSR count). The van der Waals surface area contributed by atoms with Gasteiger partial charge in [-0.3, -0.25) is 19.6 Å². The molecule has 1 aliphatic heterocycles. The Balaban J connectivity index is 0.000000230. The molecule has 30 heavy (non-hydrogen) atoms. The van der Waals surface area contributed by atoms with Gasteiger partial charge in [0.15, 0.2) is 0 Å². The van der Waals surface area contributed by atoms with Crippen molar-refractivity contribution in [3.05, 3.63) is 60.2 Å². The van der Waals surface area contributed by atoms with E-state index in [2.05, 4.69) is 54.6 Å². The van der Waals surface area contributed by atoms with Crippen molar-refractivity contribution in [2.45, 2.75) is 32.1 Å². The lowest BCUT2D eigenvalue weighted by Gasteiger charge is -2.13. The van der Waals surface area contributed by atoms with Gasteiger partial charge in [-0.05, 0) is 50.7 Å². The number of hydroxylamine groups is 2. The maximum atomic E-state index is 10.7. The number of carbonyl (C=O) groups excluding carboxylic acids is 2. The third-order valence-electron chi connectivity index (χ3n) is 5.48. The highest BCUT2D eigenvalue weighted by molar-refractivity contribution is 6.23. The van der Waals surface area contributed by atoms with E-state index in [0.29, 0.717) is 6.42 Å². The van der Waals surface area contributed by atoms with Gasteiger partial charge >= 0.3 is 5.97 Å². The van der Waals surface area contributed by atoms with Crippen LogP contribution in [0.15, 0.2) is 54.6 Å². The molecule has 4 aromatic rings. The van der Waals surface area contributed by atoms with Crippen molar-refractivity contribution in [1.29, 1.82) is 0 Å². The van der Waals surface area contributed by atoms with E-state index in [1.807, 2.05) is 0 Å². The molecule has 0 aromatic heterocycles. The quantitative estimate of drug-likeness (QED) is 0.297. The molecule has 1 heterocycles.